The molecule has 1 atom stereocenters. The summed E-state index contributed by atoms with van der Waals surface area (Å²) in [4.78, 5) is 2.46. The molecule has 0 saturated heterocycles. The highest BCUT2D eigenvalue weighted by atomic mass is 16.3. The lowest BCUT2D eigenvalue weighted by molar-refractivity contribution is 0.168. The van der Waals surface area contributed by atoms with Crippen molar-refractivity contribution in [3.8, 4) is 0 Å². The van der Waals surface area contributed by atoms with Crippen molar-refractivity contribution in [3.05, 3.63) is 42.1 Å². The molecule has 1 saturated carbocycles. The van der Waals surface area contributed by atoms with Gasteiger partial charge in [-0.15, -0.1) is 0 Å². The Kier molecular flexibility index (Phi) is 4.12. The summed E-state index contributed by atoms with van der Waals surface area (Å²) in [7, 11) is 0. The molecule has 0 amide bonds. The standard InChI is InChI=1S/C16H24N4O/c1-12(2)20-10-13(9-18-20)16(8-17)19(14-5-6-14)11-15-4-3-7-21-15/h3-4,7,9-10,12,14,16H,5-6,8,11,17H2,1-2H3. The summed E-state index contributed by atoms with van der Waals surface area (Å²) in [5.74, 6) is 0.997. The van der Waals surface area contributed by atoms with E-state index in [2.05, 4.69) is 30.0 Å². The van der Waals surface area contributed by atoms with Gasteiger partial charge in [0.15, 0.2) is 0 Å². The van der Waals surface area contributed by atoms with Crippen LogP contribution in [0.25, 0.3) is 0 Å². The van der Waals surface area contributed by atoms with Crippen molar-refractivity contribution in [3.63, 3.8) is 0 Å². The summed E-state index contributed by atoms with van der Waals surface area (Å²) < 4.78 is 7.51. The van der Waals surface area contributed by atoms with E-state index in [1.807, 2.05) is 23.0 Å². The van der Waals surface area contributed by atoms with Crippen LogP contribution in [0.2, 0.25) is 0 Å². The van der Waals surface area contributed by atoms with E-state index in [0.717, 1.165) is 12.3 Å². The molecule has 1 unspecified atom stereocenters. The van der Waals surface area contributed by atoms with E-state index < -0.39 is 0 Å². The average Bonchev–Trinajstić information content (AvgIpc) is 2.98. The smallest absolute Gasteiger partial charge is 0.117 e. The minimum absolute atomic E-state index is 0.204. The van der Waals surface area contributed by atoms with E-state index in [1.54, 1.807) is 6.26 Å². The third kappa shape index (κ3) is 3.19. The molecule has 2 N–H and O–H groups in total. The summed E-state index contributed by atoms with van der Waals surface area (Å²) in [6, 6.07) is 5.16. The van der Waals surface area contributed by atoms with E-state index in [9.17, 15) is 0 Å². The maximum Gasteiger partial charge on any atom is 0.117 e. The van der Waals surface area contributed by atoms with Crippen molar-refractivity contribution in [2.24, 2.45) is 5.73 Å². The molecular formula is C16H24N4O. The molecular weight excluding hydrogens is 264 g/mol. The largest absolute Gasteiger partial charge is 0.468 e. The zero-order valence-electron chi connectivity index (χ0n) is 12.8. The van der Waals surface area contributed by atoms with Gasteiger partial charge in [-0.1, -0.05) is 0 Å². The monoisotopic (exact) mass is 288 g/mol. The molecule has 2 heterocycles. The first-order chi connectivity index (χ1) is 10.2. The molecule has 0 spiro atoms. The van der Waals surface area contributed by atoms with Crippen molar-refractivity contribution in [2.75, 3.05) is 6.54 Å². The SMILES string of the molecule is CC(C)n1cc(C(CN)N(Cc2ccco2)C2CC2)cn1. The summed E-state index contributed by atoms with van der Waals surface area (Å²) in [5.41, 5.74) is 7.28. The second-order valence-electron chi connectivity index (χ2n) is 6.08. The predicted octanol–water partition coefficient (Wildman–Crippen LogP) is 2.72. The van der Waals surface area contributed by atoms with Gasteiger partial charge in [-0.3, -0.25) is 9.58 Å². The molecule has 0 aromatic carbocycles. The van der Waals surface area contributed by atoms with Gasteiger partial charge in [-0.2, -0.15) is 5.10 Å². The van der Waals surface area contributed by atoms with Crippen LogP contribution in [0.5, 0.6) is 0 Å². The fourth-order valence-corrected chi connectivity index (χ4v) is 2.75. The van der Waals surface area contributed by atoms with E-state index in [4.69, 9.17) is 10.2 Å². The third-order valence-electron chi connectivity index (χ3n) is 4.09. The van der Waals surface area contributed by atoms with Crippen molar-refractivity contribution >= 4 is 0 Å². The molecule has 2 aromatic heterocycles. The van der Waals surface area contributed by atoms with Crippen LogP contribution >= 0.6 is 0 Å². The normalized spacial score (nSPS) is 16.8. The zero-order valence-corrected chi connectivity index (χ0v) is 12.8. The zero-order chi connectivity index (χ0) is 14.8. The summed E-state index contributed by atoms with van der Waals surface area (Å²) in [5, 5.41) is 4.45. The molecule has 0 radical (unpaired) electrons. The quantitative estimate of drug-likeness (QED) is 0.851. The van der Waals surface area contributed by atoms with Gasteiger partial charge in [0.1, 0.15) is 5.76 Å². The summed E-state index contributed by atoms with van der Waals surface area (Å²) in [6.07, 6.45) is 8.30. The molecule has 1 fully saturated rings. The van der Waals surface area contributed by atoms with Crippen molar-refractivity contribution < 1.29 is 4.42 Å². The highest BCUT2D eigenvalue weighted by Gasteiger charge is 2.35. The van der Waals surface area contributed by atoms with Gasteiger partial charge in [0, 0.05) is 30.4 Å². The Bertz CT molecular complexity index is 557. The van der Waals surface area contributed by atoms with Gasteiger partial charge in [-0.25, -0.2) is 0 Å². The van der Waals surface area contributed by atoms with Gasteiger partial charge < -0.3 is 10.2 Å². The summed E-state index contributed by atoms with van der Waals surface area (Å²) in [6.45, 7) is 5.68. The van der Waals surface area contributed by atoms with Crippen molar-refractivity contribution in [1.29, 1.82) is 0 Å². The summed E-state index contributed by atoms with van der Waals surface area (Å²) >= 11 is 0. The Morgan fingerprint density at radius 2 is 2.29 bits per heavy atom. The Morgan fingerprint density at radius 1 is 1.48 bits per heavy atom. The maximum atomic E-state index is 6.08. The lowest BCUT2D eigenvalue weighted by atomic mass is 10.1. The highest BCUT2D eigenvalue weighted by Crippen LogP contribution is 2.35. The number of furan rings is 1. The fourth-order valence-electron chi connectivity index (χ4n) is 2.75. The van der Waals surface area contributed by atoms with E-state index in [1.165, 1.54) is 18.4 Å². The number of hydrogen-bond acceptors (Lipinski definition) is 4. The Labute approximate surface area is 125 Å². The predicted molar refractivity (Wildman–Crippen MR) is 81.7 cm³/mol. The molecule has 2 aromatic rings. The molecule has 5 nitrogen and oxygen atoms in total. The lowest BCUT2D eigenvalue weighted by Crippen LogP contribution is -2.34. The second-order valence-corrected chi connectivity index (χ2v) is 6.08. The minimum atomic E-state index is 0.204. The lowest BCUT2D eigenvalue weighted by Gasteiger charge is -2.29. The number of hydrogen-bond donors (Lipinski definition) is 1. The van der Waals surface area contributed by atoms with Crippen LogP contribution in [0, 0.1) is 0 Å². The molecule has 1 aliphatic rings. The molecule has 1 aliphatic carbocycles. The van der Waals surface area contributed by atoms with Crippen LogP contribution in [0.3, 0.4) is 0 Å². The van der Waals surface area contributed by atoms with Crippen LogP contribution in [0.1, 0.15) is 50.1 Å². The van der Waals surface area contributed by atoms with Crippen LogP contribution in [-0.2, 0) is 6.54 Å². The third-order valence-corrected chi connectivity index (χ3v) is 4.09. The highest BCUT2D eigenvalue weighted by molar-refractivity contribution is 5.14. The van der Waals surface area contributed by atoms with Gasteiger partial charge >= 0.3 is 0 Å². The average molecular weight is 288 g/mol. The van der Waals surface area contributed by atoms with Crippen LogP contribution < -0.4 is 5.73 Å². The topological polar surface area (TPSA) is 60.2 Å². The Morgan fingerprint density at radius 3 is 2.81 bits per heavy atom. The molecule has 114 valence electrons. The minimum Gasteiger partial charge on any atom is -0.468 e. The maximum absolute atomic E-state index is 6.08. The Balaban J connectivity index is 1.80. The van der Waals surface area contributed by atoms with Gasteiger partial charge in [-0.05, 0) is 38.8 Å². The number of nitrogens with two attached hydrogens (primary N) is 1. The van der Waals surface area contributed by atoms with Gasteiger partial charge in [0.2, 0.25) is 0 Å². The van der Waals surface area contributed by atoms with Crippen molar-refractivity contribution in [2.45, 2.75) is 51.4 Å². The second kappa shape index (κ2) is 6.03. The Hall–Kier alpha value is -1.59. The first-order valence-corrected chi connectivity index (χ1v) is 7.71. The molecule has 5 heteroatoms. The molecule has 0 aliphatic heterocycles. The number of aromatic nitrogens is 2. The molecule has 3 rings (SSSR count). The fraction of sp³-hybridized carbons (Fsp3) is 0.562. The van der Waals surface area contributed by atoms with E-state index >= 15 is 0 Å². The van der Waals surface area contributed by atoms with Crippen LogP contribution in [-0.4, -0.2) is 27.3 Å². The van der Waals surface area contributed by atoms with Crippen LogP contribution in [0.4, 0.5) is 0 Å². The van der Waals surface area contributed by atoms with Gasteiger partial charge in [0.05, 0.1) is 25.0 Å². The first kappa shape index (κ1) is 14.4. The number of nitrogens with zero attached hydrogens (tertiary/aromatic N) is 3. The van der Waals surface area contributed by atoms with Crippen LogP contribution in [0.15, 0.2) is 35.2 Å². The molecule has 21 heavy (non-hydrogen) atoms. The first-order valence-electron chi connectivity index (χ1n) is 7.71. The molecule has 0 bridgehead atoms. The van der Waals surface area contributed by atoms with Gasteiger partial charge in [0.25, 0.3) is 0 Å². The van der Waals surface area contributed by atoms with E-state index in [0.29, 0.717) is 18.6 Å². The number of rotatable bonds is 7. The van der Waals surface area contributed by atoms with E-state index in [-0.39, 0.29) is 6.04 Å². The van der Waals surface area contributed by atoms with Crippen molar-refractivity contribution in [1.82, 2.24) is 14.7 Å².